The minimum atomic E-state index is -4.44. The lowest BCUT2D eigenvalue weighted by atomic mass is 10.1. The molecule has 0 aliphatic rings. The molecule has 168 valence electrons. The van der Waals surface area contributed by atoms with Crippen LogP contribution in [-0.2, 0) is 20.6 Å². The summed E-state index contributed by atoms with van der Waals surface area (Å²) in [5.74, 6) is 0. The summed E-state index contributed by atoms with van der Waals surface area (Å²) in [5, 5.41) is 5.05. The van der Waals surface area contributed by atoms with E-state index in [1.54, 1.807) is 69.3 Å². The Morgan fingerprint density at radius 2 is 1.61 bits per heavy atom. The van der Waals surface area contributed by atoms with Gasteiger partial charge in [-0.25, -0.2) is 9.59 Å². The molecule has 0 aliphatic carbocycles. The maximum atomic E-state index is 12.2. The summed E-state index contributed by atoms with van der Waals surface area (Å²) in [6.45, 7) is 5.24. The second kappa shape index (κ2) is 10.4. The van der Waals surface area contributed by atoms with Gasteiger partial charge in [0, 0.05) is 5.69 Å². The van der Waals surface area contributed by atoms with Crippen molar-refractivity contribution in [3.63, 3.8) is 0 Å². The van der Waals surface area contributed by atoms with Crippen LogP contribution in [0.1, 0.15) is 37.9 Å². The summed E-state index contributed by atoms with van der Waals surface area (Å²) in [6.07, 6.45) is -2.04. The Labute approximate surface area is 180 Å². The van der Waals surface area contributed by atoms with Gasteiger partial charge in [0.05, 0.1) is 12.2 Å². The first-order chi connectivity index (χ1) is 14.4. The zero-order valence-corrected chi connectivity index (χ0v) is 18.5. The monoisotopic (exact) mass is 450 g/mol. The van der Waals surface area contributed by atoms with Gasteiger partial charge in [-0.3, -0.25) is 9.88 Å². The Morgan fingerprint density at radius 3 is 2.16 bits per heavy atom. The Bertz CT molecular complexity index is 921. The van der Waals surface area contributed by atoms with E-state index in [1.165, 1.54) is 0 Å². The van der Waals surface area contributed by atoms with Crippen molar-refractivity contribution >= 4 is 25.5 Å². The highest BCUT2D eigenvalue weighted by Gasteiger charge is 2.25. The molecule has 2 rings (SSSR count). The van der Waals surface area contributed by atoms with Gasteiger partial charge in [0.2, 0.25) is 0 Å². The van der Waals surface area contributed by atoms with E-state index < -0.39 is 37.6 Å². The van der Waals surface area contributed by atoms with Gasteiger partial charge in [-0.05, 0) is 44.0 Å². The van der Waals surface area contributed by atoms with Gasteiger partial charge in [-0.15, -0.1) is 0 Å². The number of alkyl carbamates (subject to hydrolysis) is 1. The van der Waals surface area contributed by atoms with Crippen LogP contribution in [0.25, 0.3) is 0 Å². The van der Waals surface area contributed by atoms with E-state index in [4.69, 9.17) is 9.47 Å². The van der Waals surface area contributed by atoms with Crippen molar-refractivity contribution in [3.8, 4) is 0 Å². The molecule has 2 aromatic carbocycles. The van der Waals surface area contributed by atoms with Crippen LogP contribution >= 0.6 is 7.60 Å². The Balaban J connectivity index is 2.04. The smallest absolute Gasteiger partial charge is 0.412 e. The Kier molecular flexibility index (Phi) is 8.21. The number of anilines is 1. The molecule has 0 saturated heterocycles. The SMILES string of the molecule is CC(C)(C)OC(=O)Nc1ccc(C(CP(=O)(O)O)NC(=O)OCc2ccccc2)cc1. The highest BCUT2D eigenvalue weighted by Crippen LogP contribution is 2.39. The van der Waals surface area contributed by atoms with E-state index in [9.17, 15) is 23.9 Å². The van der Waals surface area contributed by atoms with Crippen molar-refractivity contribution in [1.82, 2.24) is 5.32 Å². The fourth-order valence-electron chi connectivity index (χ4n) is 2.60. The second-order valence-corrected chi connectivity index (χ2v) is 9.55. The number of nitrogens with one attached hydrogen (secondary N) is 2. The summed E-state index contributed by atoms with van der Waals surface area (Å²) in [5.41, 5.74) is 0.999. The molecular weight excluding hydrogens is 423 g/mol. The van der Waals surface area contributed by atoms with Crippen LogP contribution in [0.2, 0.25) is 0 Å². The van der Waals surface area contributed by atoms with Gasteiger partial charge < -0.3 is 24.6 Å². The molecule has 0 aromatic heterocycles. The van der Waals surface area contributed by atoms with Crippen LogP contribution in [0.5, 0.6) is 0 Å². The first-order valence-electron chi connectivity index (χ1n) is 9.53. The molecule has 4 N–H and O–H groups in total. The van der Waals surface area contributed by atoms with Crippen LogP contribution in [0, 0.1) is 0 Å². The summed E-state index contributed by atoms with van der Waals surface area (Å²) in [7, 11) is -4.44. The summed E-state index contributed by atoms with van der Waals surface area (Å²) < 4.78 is 21.9. The maximum absolute atomic E-state index is 12.2. The molecule has 0 fully saturated rings. The average Bonchev–Trinajstić information content (AvgIpc) is 2.65. The molecular formula is C21H27N2O7P. The number of carbonyl (C=O) groups excluding carboxylic acids is 2. The third-order valence-corrected chi connectivity index (χ3v) is 4.72. The topological polar surface area (TPSA) is 134 Å². The Hall–Kier alpha value is -2.87. The standard InChI is InChI=1S/C21H27N2O7P/c1-21(2,3)30-20(25)22-17-11-9-16(10-12-17)18(14-31(26,27)28)23-19(24)29-13-15-7-5-4-6-8-15/h4-12,18H,13-14H2,1-3H3,(H,22,25)(H,23,24)(H2,26,27,28). The minimum Gasteiger partial charge on any atom is -0.445 e. The molecule has 2 amide bonds. The molecule has 0 aliphatic heterocycles. The van der Waals surface area contributed by atoms with Crippen LogP contribution in [-0.4, -0.2) is 33.7 Å². The molecule has 0 radical (unpaired) electrons. The number of carbonyl (C=O) groups is 2. The molecule has 2 aromatic rings. The first-order valence-corrected chi connectivity index (χ1v) is 11.3. The molecule has 0 saturated carbocycles. The lowest BCUT2D eigenvalue weighted by Gasteiger charge is -2.21. The largest absolute Gasteiger partial charge is 0.445 e. The quantitative estimate of drug-likeness (QED) is 0.465. The fourth-order valence-corrected chi connectivity index (χ4v) is 3.38. The van der Waals surface area contributed by atoms with E-state index in [0.29, 0.717) is 11.3 Å². The molecule has 1 unspecified atom stereocenters. The van der Waals surface area contributed by atoms with E-state index in [-0.39, 0.29) is 6.61 Å². The lowest BCUT2D eigenvalue weighted by molar-refractivity contribution is 0.0635. The third-order valence-electron chi connectivity index (χ3n) is 3.88. The van der Waals surface area contributed by atoms with Crippen LogP contribution in [0.3, 0.4) is 0 Å². The average molecular weight is 450 g/mol. The molecule has 0 heterocycles. The van der Waals surface area contributed by atoms with Gasteiger partial charge in [0.15, 0.2) is 0 Å². The highest BCUT2D eigenvalue weighted by molar-refractivity contribution is 7.51. The lowest BCUT2D eigenvalue weighted by Crippen LogP contribution is -2.31. The first kappa shape index (κ1) is 24.4. The molecule has 31 heavy (non-hydrogen) atoms. The van der Waals surface area contributed by atoms with E-state index in [1.807, 2.05) is 6.07 Å². The number of hydrogen-bond acceptors (Lipinski definition) is 5. The van der Waals surface area contributed by atoms with Crippen molar-refractivity contribution in [1.29, 1.82) is 0 Å². The Morgan fingerprint density at radius 1 is 1.00 bits per heavy atom. The maximum Gasteiger partial charge on any atom is 0.412 e. The fraction of sp³-hybridized carbons (Fsp3) is 0.333. The molecule has 0 bridgehead atoms. The molecule has 9 nitrogen and oxygen atoms in total. The minimum absolute atomic E-state index is 0.0219. The van der Waals surface area contributed by atoms with Crippen molar-refractivity contribution in [2.24, 2.45) is 0 Å². The van der Waals surface area contributed by atoms with E-state index >= 15 is 0 Å². The van der Waals surface area contributed by atoms with E-state index in [0.717, 1.165) is 5.56 Å². The number of rotatable bonds is 7. The van der Waals surface area contributed by atoms with Crippen molar-refractivity contribution < 1.29 is 33.4 Å². The molecule has 10 heteroatoms. The second-order valence-electron chi connectivity index (χ2n) is 7.85. The van der Waals surface area contributed by atoms with Crippen LogP contribution in [0.15, 0.2) is 54.6 Å². The van der Waals surface area contributed by atoms with Crippen LogP contribution < -0.4 is 10.6 Å². The van der Waals surface area contributed by atoms with Gasteiger partial charge in [0.25, 0.3) is 0 Å². The number of amides is 2. The van der Waals surface area contributed by atoms with Crippen molar-refractivity contribution in [2.45, 2.75) is 39.0 Å². The molecule has 1 atom stereocenters. The van der Waals surface area contributed by atoms with Gasteiger partial charge in [0.1, 0.15) is 12.2 Å². The zero-order chi connectivity index (χ0) is 23.1. The highest BCUT2D eigenvalue weighted by atomic mass is 31.2. The van der Waals surface area contributed by atoms with Gasteiger partial charge >= 0.3 is 19.8 Å². The molecule has 0 spiro atoms. The normalized spacial score (nSPS) is 12.5. The number of ether oxygens (including phenoxy) is 2. The zero-order valence-electron chi connectivity index (χ0n) is 17.6. The third kappa shape index (κ3) is 9.65. The van der Waals surface area contributed by atoms with Gasteiger partial charge in [-0.2, -0.15) is 0 Å². The van der Waals surface area contributed by atoms with Crippen LogP contribution in [0.4, 0.5) is 15.3 Å². The van der Waals surface area contributed by atoms with E-state index in [2.05, 4.69) is 10.6 Å². The summed E-state index contributed by atoms with van der Waals surface area (Å²) >= 11 is 0. The summed E-state index contributed by atoms with van der Waals surface area (Å²) in [6, 6.07) is 14.2. The predicted octanol–water partition coefficient (Wildman–Crippen LogP) is 4.18. The predicted molar refractivity (Wildman–Crippen MR) is 116 cm³/mol. The van der Waals surface area contributed by atoms with Crippen molar-refractivity contribution in [3.05, 3.63) is 65.7 Å². The number of benzene rings is 2. The van der Waals surface area contributed by atoms with Crippen molar-refractivity contribution in [2.75, 3.05) is 11.5 Å². The van der Waals surface area contributed by atoms with Gasteiger partial charge in [-0.1, -0.05) is 42.5 Å². The number of hydrogen-bond donors (Lipinski definition) is 4. The summed E-state index contributed by atoms with van der Waals surface area (Å²) in [4.78, 5) is 42.8.